The van der Waals surface area contributed by atoms with E-state index in [0.717, 1.165) is 42.1 Å². The molecule has 0 spiro atoms. The number of nitrogens with zero attached hydrogens (tertiary/aromatic N) is 1. The zero-order valence-corrected chi connectivity index (χ0v) is 13.8. The standard InChI is InChI=1S/C16H17F3N2O2S/c1-11-10-24-14(21-11)4-2-3-9-20-15(22)12-5-7-13(8-6-12)23-16(17,18)19/h5-8,10H,2-4,9H2,1H3,(H,20,22). The number of aromatic nitrogens is 1. The Morgan fingerprint density at radius 1 is 1.25 bits per heavy atom. The first-order chi connectivity index (χ1) is 11.3. The maximum Gasteiger partial charge on any atom is 0.573 e. The Balaban J connectivity index is 1.70. The molecule has 0 aliphatic carbocycles. The van der Waals surface area contributed by atoms with Gasteiger partial charge in [0.15, 0.2) is 0 Å². The van der Waals surface area contributed by atoms with Gasteiger partial charge in [0, 0.05) is 23.2 Å². The third-order valence-corrected chi connectivity index (χ3v) is 4.15. The van der Waals surface area contributed by atoms with Crippen molar-refractivity contribution in [2.24, 2.45) is 0 Å². The number of unbranched alkanes of at least 4 members (excludes halogenated alkanes) is 1. The number of hydrogen-bond acceptors (Lipinski definition) is 4. The lowest BCUT2D eigenvalue weighted by molar-refractivity contribution is -0.274. The molecule has 0 fully saturated rings. The van der Waals surface area contributed by atoms with Gasteiger partial charge in [-0.1, -0.05) is 0 Å². The lowest BCUT2D eigenvalue weighted by Crippen LogP contribution is -2.24. The number of rotatable bonds is 7. The molecule has 1 N–H and O–H groups in total. The Hall–Kier alpha value is -2.09. The van der Waals surface area contributed by atoms with Crippen molar-refractivity contribution in [1.29, 1.82) is 0 Å². The molecule has 0 radical (unpaired) electrons. The van der Waals surface area contributed by atoms with Crippen LogP contribution in [0, 0.1) is 6.92 Å². The highest BCUT2D eigenvalue weighted by atomic mass is 32.1. The number of nitrogens with one attached hydrogen (secondary N) is 1. The van der Waals surface area contributed by atoms with Crippen molar-refractivity contribution >= 4 is 17.2 Å². The molecule has 0 unspecified atom stereocenters. The number of alkyl halides is 3. The molecule has 1 heterocycles. The highest BCUT2D eigenvalue weighted by Gasteiger charge is 2.31. The van der Waals surface area contributed by atoms with E-state index < -0.39 is 6.36 Å². The smallest absolute Gasteiger partial charge is 0.406 e. The normalized spacial score (nSPS) is 11.3. The highest BCUT2D eigenvalue weighted by molar-refractivity contribution is 7.09. The fourth-order valence-electron chi connectivity index (χ4n) is 2.03. The molecule has 1 aromatic carbocycles. The molecule has 0 aliphatic rings. The van der Waals surface area contributed by atoms with Crippen LogP contribution in [0.3, 0.4) is 0 Å². The van der Waals surface area contributed by atoms with E-state index in [1.807, 2.05) is 12.3 Å². The Kier molecular flexibility index (Phi) is 6.19. The van der Waals surface area contributed by atoms with Gasteiger partial charge in [0.1, 0.15) is 5.75 Å². The van der Waals surface area contributed by atoms with Gasteiger partial charge in [-0.3, -0.25) is 4.79 Å². The third-order valence-electron chi connectivity index (χ3n) is 3.12. The summed E-state index contributed by atoms with van der Waals surface area (Å²) in [6, 6.07) is 4.84. The Bertz CT molecular complexity index is 669. The quantitative estimate of drug-likeness (QED) is 0.758. The summed E-state index contributed by atoms with van der Waals surface area (Å²) in [4.78, 5) is 16.3. The van der Waals surface area contributed by atoms with E-state index in [9.17, 15) is 18.0 Å². The molecule has 4 nitrogen and oxygen atoms in total. The summed E-state index contributed by atoms with van der Waals surface area (Å²) in [6.45, 7) is 2.45. The van der Waals surface area contributed by atoms with Crippen LogP contribution in [0.25, 0.3) is 0 Å². The molecule has 8 heteroatoms. The number of amides is 1. The van der Waals surface area contributed by atoms with Crippen molar-refractivity contribution in [2.75, 3.05) is 6.54 Å². The first kappa shape index (κ1) is 18.3. The van der Waals surface area contributed by atoms with Crippen LogP contribution in [0.5, 0.6) is 5.75 Å². The molecular formula is C16H17F3N2O2S. The Morgan fingerprint density at radius 2 is 1.96 bits per heavy atom. The second-order valence-corrected chi connectivity index (χ2v) is 6.11. The van der Waals surface area contributed by atoms with Gasteiger partial charge in [0.2, 0.25) is 0 Å². The van der Waals surface area contributed by atoms with Crippen molar-refractivity contribution in [3.05, 3.63) is 45.9 Å². The van der Waals surface area contributed by atoms with E-state index in [2.05, 4.69) is 15.0 Å². The first-order valence-corrected chi connectivity index (χ1v) is 8.26. The molecule has 0 bridgehead atoms. The van der Waals surface area contributed by atoms with Gasteiger partial charge in [0.25, 0.3) is 5.91 Å². The number of ether oxygens (including phenoxy) is 1. The SMILES string of the molecule is Cc1csc(CCCCNC(=O)c2ccc(OC(F)(F)F)cc2)n1. The minimum Gasteiger partial charge on any atom is -0.406 e. The van der Waals surface area contributed by atoms with Gasteiger partial charge < -0.3 is 10.1 Å². The maximum atomic E-state index is 12.1. The van der Waals surface area contributed by atoms with Gasteiger partial charge in [0.05, 0.1) is 5.01 Å². The molecule has 2 rings (SSSR count). The minimum atomic E-state index is -4.74. The summed E-state index contributed by atoms with van der Waals surface area (Å²) in [6.07, 6.45) is -2.15. The van der Waals surface area contributed by atoms with Crippen molar-refractivity contribution in [3.8, 4) is 5.75 Å². The Labute approximate surface area is 141 Å². The van der Waals surface area contributed by atoms with E-state index in [4.69, 9.17) is 0 Å². The van der Waals surface area contributed by atoms with Crippen LogP contribution < -0.4 is 10.1 Å². The summed E-state index contributed by atoms with van der Waals surface area (Å²) < 4.78 is 39.9. The third kappa shape index (κ3) is 6.19. The average Bonchev–Trinajstić information content (AvgIpc) is 2.91. The molecule has 1 amide bonds. The highest BCUT2D eigenvalue weighted by Crippen LogP contribution is 2.22. The van der Waals surface area contributed by atoms with Crippen LogP contribution in [0.2, 0.25) is 0 Å². The minimum absolute atomic E-state index is 0.292. The monoisotopic (exact) mass is 358 g/mol. The summed E-state index contributed by atoms with van der Waals surface area (Å²) in [5, 5.41) is 5.82. The number of aryl methyl sites for hydroxylation is 2. The zero-order chi connectivity index (χ0) is 17.6. The lowest BCUT2D eigenvalue weighted by atomic mass is 10.2. The Morgan fingerprint density at radius 3 is 2.54 bits per heavy atom. The second kappa shape index (κ2) is 8.14. The second-order valence-electron chi connectivity index (χ2n) is 5.17. The molecular weight excluding hydrogens is 341 g/mol. The van der Waals surface area contributed by atoms with Crippen molar-refractivity contribution in [3.63, 3.8) is 0 Å². The maximum absolute atomic E-state index is 12.1. The summed E-state index contributed by atoms with van der Waals surface area (Å²) >= 11 is 1.63. The van der Waals surface area contributed by atoms with E-state index >= 15 is 0 Å². The van der Waals surface area contributed by atoms with Crippen molar-refractivity contribution < 1.29 is 22.7 Å². The number of halogens is 3. The van der Waals surface area contributed by atoms with E-state index in [1.54, 1.807) is 11.3 Å². The topological polar surface area (TPSA) is 51.2 Å². The van der Waals surface area contributed by atoms with Crippen LogP contribution >= 0.6 is 11.3 Å². The lowest BCUT2D eigenvalue weighted by Gasteiger charge is -2.09. The van der Waals surface area contributed by atoms with Crippen molar-refractivity contribution in [2.45, 2.75) is 32.5 Å². The van der Waals surface area contributed by atoms with Gasteiger partial charge >= 0.3 is 6.36 Å². The largest absolute Gasteiger partial charge is 0.573 e. The van der Waals surface area contributed by atoms with Crippen LogP contribution in [0.15, 0.2) is 29.6 Å². The molecule has 24 heavy (non-hydrogen) atoms. The zero-order valence-electron chi connectivity index (χ0n) is 13.0. The van der Waals surface area contributed by atoms with E-state index in [1.165, 1.54) is 12.1 Å². The van der Waals surface area contributed by atoms with Gasteiger partial charge in [-0.15, -0.1) is 24.5 Å². The predicted octanol–water partition coefficient (Wildman–Crippen LogP) is 4.10. The fourth-order valence-corrected chi connectivity index (χ4v) is 2.85. The van der Waals surface area contributed by atoms with Crippen LogP contribution in [-0.2, 0) is 6.42 Å². The number of carbonyl (C=O) groups excluding carboxylic acids is 1. The number of hydrogen-bond donors (Lipinski definition) is 1. The summed E-state index contributed by atoms with van der Waals surface area (Å²) in [5.74, 6) is -0.670. The van der Waals surface area contributed by atoms with Crippen molar-refractivity contribution in [1.82, 2.24) is 10.3 Å². The fraction of sp³-hybridized carbons (Fsp3) is 0.375. The van der Waals surface area contributed by atoms with Crippen LogP contribution in [0.1, 0.15) is 33.9 Å². The number of benzene rings is 1. The molecule has 0 aliphatic heterocycles. The molecule has 0 saturated carbocycles. The summed E-state index contributed by atoms with van der Waals surface area (Å²) in [5.41, 5.74) is 1.31. The molecule has 0 saturated heterocycles. The summed E-state index contributed by atoms with van der Waals surface area (Å²) in [7, 11) is 0. The van der Waals surface area contributed by atoms with Crippen LogP contribution in [-0.4, -0.2) is 23.8 Å². The predicted molar refractivity (Wildman–Crippen MR) is 85.2 cm³/mol. The first-order valence-electron chi connectivity index (χ1n) is 7.38. The van der Waals surface area contributed by atoms with Gasteiger partial charge in [-0.25, -0.2) is 4.98 Å². The molecule has 0 atom stereocenters. The average molecular weight is 358 g/mol. The van der Waals surface area contributed by atoms with Gasteiger partial charge in [-0.05, 0) is 50.5 Å². The van der Waals surface area contributed by atoms with E-state index in [-0.39, 0.29) is 11.7 Å². The van der Waals surface area contributed by atoms with E-state index in [0.29, 0.717) is 12.1 Å². The molecule has 2 aromatic rings. The number of thiazole rings is 1. The molecule has 1 aromatic heterocycles. The van der Waals surface area contributed by atoms with Crippen LogP contribution in [0.4, 0.5) is 13.2 Å². The van der Waals surface area contributed by atoms with Gasteiger partial charge in [-0.2, -0.15) is 0 Å². The molecule has 130 valence electrons. The number of carbonyl (C=O) groups is 1.